The molecule has 2 N–H and O–H groups in total. The number of likely N-dealkylation sites (tertiary alicyclic amines) is 1. The predicted molar refractivity (Wildman–Crippen MR) is 174 cm³/mol. The van der Waals surface area contributed by atoms with E-state index in [1.807, 2.05) is 6.07 Å². The molecular formula is C36H39F3N6O3. The van der Waals surface area contributed by atoms with E-state index in [9.17, 15) is 27.6 Å². The van der Waals surface area contributed by atoms with Crippen LogP contribution in [0.15, 0.2) is 60.7 Å². The number of amides is 3. The SMILES string of the molecule is O=C1CCC(N2Cc3cc(C4CCN(Cc5ccc(N6CCC(Nc7cccc(C(F)(F)F)n7)CC6)cc5)CC4)ccc3C2=O)C(=O)N1. The van der Waals surface area contributed by atoms with Gasteiger partial charge in [-0.05, 0) is 98.1 Å². The van der Waals surface area contributed by atoms with Crippen LogP contribution in [0.5, 0.6) is 0 Å². The number of benzene rings is 2. The van der Waals surface area contributed by atoms with E-state index in [1.54, 1.807) is 11.0 Å². The van der Waals surface area contributed by atoms with Crippen LogP contribution in [0.4, 0.5) is 24.7 Å². The number of pyridine rings is 1. The van der Waals surface area contributed by atoms with Crippen LogP contribution < -0.4 is 15.5 Å². The van der Waals surface area contributed by atoms with Crippen molar-refractivity contribution in [3.63, 3.8) is 0 Å². The summed E-state index contributed by atoms with van der Waals surface area (Å²) in [6.45, 7) is 4.86. The van der Waals surface area contributed by atoms with Crippen molar-refractivity contribution in [2.75, 3.05) is 36.4 Å². The van der Waals surface area contributed by atoms with E-state index < -0.39 is 17.9 Å². The van der Waals surface area contributed by atoms with Crippen LogP contribution in [-0.2, 0) is 28.9 Å². The Hall–Kier alpha value is -4.45. The number of carbonyl (C=O) groups excluding carboxylic acids is 3. The molecule has 1 atom stereocenters. The second-order valence-electron chi connectivity index (χ2n) is 13.3. The predicted octanol–water partition coefficient (Wildman–Crippen LogP) is 5.32. The van der Waals surface area contributed by atoms with E-state index in [0.29, 0.717) is 24.4 Å². The maximum absolute atomic E-state index is 13.1. The largest absolute Gasteiger partial charge is 0.433 e. The molecule has 3 fully saturated rings. The third-order valence-electron chi connectivity index (χ3n) is 10.2. The summed E-state index contributed by atoms with van der Waals surface area (Å²) in [6, 6.07) is 18.2. The molecule has 0 spiro atoms. The summed E-state index contributed by atoms with van der Waals surface area (Å²) < 4.78 is 39.1. The number of hydrogen-bond acceptors (Lipinski definition) is 7. The molecule has 0 saturated carbocycles. The van der Waals surface area contributed by atoms with Crippen molar-refractivity contribution < 1.29 is 27.6 Å². The Kier molecular flexibility index (Phi) is 8.84. The van der Waals surface area contributed by atoms with E-state index in [4.69, 9.17) is 0 Å². The Labute approximate surface area is 277 Å². The number of aromatic nitrogens is 1. The summed E-state index contributed by atoms with van der Waals surface area (Å²) in [4.78, 5) is 47.2. The maximum Gasteiger partial charge on any atom is 0.433 e. The zero-order valence-corrected chi connectivity index (χ0v) is 26.6. The number of rotatable bonds is 7. The van der Waals surface area contributed by atoms with Gasteiger partial charge >= 0.3 is 6.18 Å². The number of nitrogens with one attached hydrogen (secondary N) is 2. The Morgan fingerprint density at radius 2 is 1.62 bits per heavy atom. The molecule has 4 aliphatic rings. The molecule has 48 heavy (non-hydrogen) atoms. The van der Waals surface area contributed by atoms with Gasteiger partial charge in [0.1, 0.15) is 17.6 Å². The lowest BCUT2D eigenvalue weighted by atomic mass is 9.87. The second-order valence-corrected chi connectivity index (χ2v) is 13.3. The second kappa shape index (κ2) is 13.2. The normalized spacial score (nSPS) is 21.4. The van der Waals surface area contributed by atoms with Crippen LogP contribution >= 0.6 is 0 Å². The molecular weight excluding hydrogens is 621 g/mol. The van der Waals surface area contributed by atoms with Crippen LogP contribution in [0.2, 0.25) is 0 Å². The van der Waals surface area contributed by atoms with Gasteiger partial charge in [0.25, 0.3) is 5.91 Å². The lowest BCUT2D eigenvalue weighted by molar-refractivity contribution is -0.141. The molecule has 0 radical (unpaired) electrons. The fraction of sp³-hybridized carbons (Fsp3) is 0.444. The zero-order valence-electron chi connectivity index (χ0n) is 26.6. The van der Waals surface area contributed by atoms with Crippen LogP contribution in [0.3, 0.4) is 0 Å². The molecule has 0 bridgehead atoms. The number of fused-ring (bicyclic) bond motifs is 1. The highest BCUT2D eigenvalue weighted by Crippen LogP contribution is 2.34. The highest BCUT2D eigenvalue weighted by Gasteiger charge is 2.39. The standard InChI is InChI=1S/C36H39F3N6O3/c37-36(38,39)31-2-1-3-32(41-31)40-27-14-18-44(19-15-27)28-7-4-23(5-8-28)21-43-16-12-24(13-17-43)25-6-9-29-26(20-25)22-45(35(29)48)30-10-11-33(46)42-34(30)47/h1-9,20,24,27,30H,10-19,21-22H2,(H,40,41)(H,42,46,47). The smallest absolute Gasteiger partial charge is 0.371 e. The number of alkyl halides is 3. The Bertz CT molecular complexity index is 1680. The molecule has 252 valence electrons. The molecule has 1 unspecified atom stereocenters. The van der Waals surface area contributed by atoms with Crippen molar-refractivity contribution in [2.45, 2.75) is 75.8 Å². The summed E-state index contributed by atoms with van der Waals surface area (Å²) in [5, 5.41) is 5.54. The third kappa shape index (κ3) is 6.89. The van der Waals surface area contributed by atoms with E-state index in [0.717, 1.165) is 75.7 Å². The number of piperidine rings is 3. The molecule has 1 aromatic heterocycles. The average molecular weight is 661 g/mol. The minimum absolute atomic E-state index is 0.0752. The molecule has 12 heteroatoms. The molecule has 9 nitrogen and oxygen atoms in total. The number of hydrogen-bond donors (Lipinski definition) is 2. The van der Waals surface area contributed by atoms with Gasteiger partial charge < -0.3 is 15.1 Å². The maximum atomic E-state index is 13.1. The van der Waals surface area contributed by atoms with Crippen molar-refractivity contribution in [1.82, 2.24) is 20.1 Å². The molecule has 3 aromatic rings. The van der Waals surface area contributed by atoms with E-state index >= 15 is 0 Å². The van der Waals surface area contributed by atoms with Gasteiger partial charge in [-0.1, -0.05) is 30.3 Å². The number of carbonyl (C=O) groups is 3. The fourth-order valence-electron chi connectivity index (χ4n) is 7.51. The van der Waals surface area contributed by atoms with E-state index in [2.05, 4.69) is 61.8 Å². The highest BCUT2D eigenvalue weighted by atomic mass is 19.4. The van der Waals surface area contributed by atoms with Gasteiger partial charge in [0.2, 0.25) is 11.8 Å². The lowest BCUT2D eigenvalue weighted by Gasteiger charge is -2.34. The van der Waals surface area contributed by atoms with Crippen molar-refractivity contribution >= 4 is 29.2 Å². The van der Waals surface area contributed by atoms with Gasteiger partial charge in [0, 0.05) is 49.9 Å². The topological polar surface area (TPSA) is 97.9 Å². The highest BCUT2D eigenvalue weighted by molar-refractivity contribution is 6.05. The molecule has 3 amide bonds. The molecule has 3 saturated heterocycles. The van der Waals surface area contributed by atoms with Crippen molar-refractivity contribution in [3.8, 4) is 0 Å². The van der Waals surface area contributed by atoms with E-state index in [1.165, 1.54) is 17.2 Å². The van der Waals surface area contributed by atoms with Gasteiger partial charge in [0.15, 0.2) is 0 Å². The summed E-state index contributed by atoms with van der Waals surface area (Å²) in [5.74, 6) is -0.137. The van der Waals surface area contributed by atoms with Gasteiger partial charge in [-0.3, -0.25) is 24.6 Å². The number of halogens is 3. The Balaban J connectivity index is 0.874. The lowest BCUT2D eigenvalue weighted by Crippen LogP contribution is -2.52. The first-order valence-corrected chi connectivity index (χ1v) is 16.8. The Morgan fingerprint density at radius 1 is 0.875 bits per heavy atom. The van der Waals surface area contributed by atoms with Gasteiger partial charge in [-0.2, -0.15) is 13.2 Å². The summed E-state index contributed by atoms with van der Waals surface area (Å²) in [6.07, 6.45) is -0.163. The first-order valence-electron chi connectivity index (χ1n) is 16.8. The van der Waals surface area contributed by atoms with Crippen molar-refractivity contribution in [2.24, 2.45) is 0 Å². The van der Waals surface area contributed by atoms with E-state index in [-0.39, 0.29) is 36.0 Å². The first kappa shape index (κ1) is 32.1. The number of anilines is 2. The summed E-state index contributed by atoms with van der Waals surface area (Å²) in [5.41, 5.74) is 4.37. The average Bonchev–Trinajstić information content (AvgIpc) is 3.40. The van der Waals surface area contributed by atoms with Crippen molar-refractivity contribution in [1.29, 1.82) is 0 Å². The summed E-state index contributed by atoms with van der Waals surface area (Å²) in [7, 11) is 0. The number of imide groups is 1. The van der Waals surface area contributed by atoms with Gasteiger partial charge in [-0.25, -0.2) is 4.98 Å². The zero-order chi connectivity index (χ0) is 33.4. The van der Waals surface area contributed by atoms with Gasteiger partial charge in [-0.15, -0.1) is 0 Å². The van der Waals surface area contributed by atoms with Crippen molar-refractivity contribution in [3.05, 3.63) is 88.6 Å². The molecule has 2 aromatic carbocycles. The van der Waals surface area contributed by atoms with Crippen LogP contribution in [0.25, 0.3) is 0 Å². The van der Waals surface area contributed by atoms with Crippen LogP contribution in [0, 0.1) is 0 Å². The quantitative estimate of drug-likeness (QED) is 0.331. The monoisotopic (exact) mass is 660 g/mol. The third-order valence-corrected chi connectivity index (χ3v) is 10.2. The summed E-state index contributed by atoms with van der Waals surface area (Å²) >= 11 is 0. The van der Waals surface area contributed by atoms with Crippen LogP contribution in [-0.4, -0.2) is 70.8 Å². The Morgan fingerprint density at radius 3 is 2.33 bits per heavy atom. The minimum atomic E-state index is -4.46. The fourth-order valence-corrected chi connectivity index (χ4v) is 7.51. The molecule has 5 heterocycles. The number of nitrogens with zero attached hydrogens (tertiary/aromatic N) is 4. The minimum Gasteiger partial charge on any atom is -0.371 e. The molecule has 0 aliphatic carbocycles. The van der Waals surface area contributed by atoms with Crippen LogP contribution in [0.1, 0.15) is 77.2 Å². The first-order chi connectivity index (χ1) is 23.1. The van der Waals surface area contributed by atoms with Gasteiger partial charge in [0.05, 0.1) is 0 Å². The molecule has 7 rings (SSSR count). The molecule has 4 aliphatic heterocycles.